The van der Waals surface area contributed by atoms with Crippen molar-refractivity contribution in [1.82, 2.24) is 9.78 Å². The van der Waals surface area contributed by atoms with E-state index in [-0.39, 0.29) is 5.78 Å². The number of benzene rings is 2. The van der Waals surface area contributed by atoms with Crippen LogP contribution in [0.3, 0.4) is 0 Å². The van der Waals surface area contributed by atoms with E-state index in [4.69, 9.17) is 9.84 Å². The lowest BCUT2D eigenvalue weighted by molar-refractivity contribution is 0.0953. The third-order valence-corrected chi connectivity index (χ3v) is 5.28. The van der Waals surface area contributed by atoms with Gasteiger partial charge in [0.05, 0.1) is 24.1 Å². The molecule has 5 heteroatoms. The van der Waals surface area contributed by atoms with E-state index in [1.165, 1.54) is 5.56 Å². The molecule has 0 radical (unpaired) electrons. The Morgan fingerprint density at radius 1 is 1.11 bits per heavy atom. The molecule has 0 bridgehead atoms. The zero-order chi connectivity index (χ0) is 19.7. The number of carbonyl (C=O) groups is 1. The summed E-state index contributed by atoms with van der Waals surface area (Å²) in [7, 11) is 1.65. The molecule has 1 heterocycles. The van der Waals surface area contributed by atoms with Crippen molar-refractivity contribution < 1.29 is 9.53 Å². The predicted molar refractivity (Wildman–Crippen MR) is 111 cm³/mol. The largest absolute Gasteiger partial charge is 0.497 e. The van der Waals surface area contributed by atoms with Crippen LogP contribution in [-0.2, 0) is 12.8 Å². The monoisotopic (exact) mass is 375 g/mol. The van der Waals surface area contributed by atoms with E-state index in [2.05, 4.69) is 31.3 Å². The summed E-state index contributed by atoms with van der Waals surface area (Å²) in [5.74, 6) is 1.89. The molecule has 0 saturated heterocycles. The highest BCUT2D eigenvalue weighted by molar-refractivity contribution is 6.03. The molecular formula is C23H25N3O2. The average molecular weight is 375 g/mol. The van der Waals surface area contributed by atoms with Crippen molar-refractivity contribution in [3.63, 3.8) is 0 Å². The van der Waals surface area contributed by atoms with Crippen molar-refractivity contribution in [1.29, 1.82) is 0 Å². The molecule has 3 aromatic rings. The average Bonchev–Trinajstić information content (AvgIpc) is 3.07. The Kier molecular flexibility index (Phi) is 4.90. The third-order valence-electron chi connectivity index (χ3n) is 5.28. The maximum atomic E-state index is 12.8. The van der Waals surface area contributed by atoms with Gasteiger partial charge in [-0.15, -0.1) is 5.10 Å². The molecule has 28 heavy (non-hydrogen) atoms. The van der Waals surface area contributed by atoms with E-state index in [1.807, 2.05) is 41.1 Å². The van der Waals surface area contributed by atoms with Crippen molar-refractivity contribution in [2.24, 2.45) is 5.92 Å². The summed E-state index contributed by atoms with van der Waals surface area (Å²) in [6, 6.07) is 16.0. The summed E-state index contributed by atoms with van der Waals surface area (Å²) in [6.07, 6.45) is 2.39. The number of aryl methyl sites for hydroxylation is 1. The molecule has 1 aromatic heterocycles. The number of rotatable bonds is 5. The quantitative estimate of drug-likeness (QED) is 0.685. The molecule has 0 amide bonds. The second-order valence-electron chi connectivity index (χ2n) is 7.39. The number of aromatic nitrogens is 2. The fraction of sp³-hybridized carbons (Fsp3) is 0.304. The Morgan fingerprint density at radius 2 is 1.82 bits per heavy atom. The molecule has 2 aromatic carbocycles. The van der Waals surface area contributed by atoms with Gasteiger partial charge in [0.1, 0.15) is 5.75 Å². The maximum Gasteiger partial charge on any atom is 0.168 e. The summed E-state index contributed by atoms with van der Waals surface area (Å²) in [4.78, 5) is 12.8. The molecule has 0 saturated carbocycles. The number of ether oxygens (including phenoxy) is 1. The summed E-state index contributed by atoms with van der Waals surface area (Å²) < 4.78 is 7.15. The number of hydrogen-bond acceptors (Lipinski definition) is 4. The number of anilines is 2. The lowest BCUT2D eigenvalue weighted by Gasteiger charge is -2.19. The number of nitrogens with one attached hydrogen (secondary N) is 1. The topological polar surface area (TPSA) is 56.1 Å². The Balaban J connectivity index is 1.76. The Morgan fingerprint density at radius 3 is 2.46 bits per heavy atom. The van der Waals surface area contributed by atoms with E-state index in [0.29, 0.717) is 23.7 Å². The first-order valence-electron chi connectivity index (χ1n) is 9.74. The van der Waals surface area contributed by atoms with Gasteiger partial charge in [-0.05, 0) is 60.7 Å². The molecule has 0 spiro atoms. The molecule has 0 unspecified atom stereocenters. The fourth-order valence-corrected chi connectivity index (χ4v) is 3.74. The van der Waals surface area contributed by atoms with Crippen LogP contribution in [0, 0.1) is 5.92 Å². The fourth-order valence-electron chi connectivity index (χ4n) is 3.74. The summed E-state index contributed by atoms with van der Waals surface area (Å²) in [5.41, 5.74) is 4.83. The minimum atomic E-state index is 0.154. The van der Waals surface area contributed by atoms with Crippen LogP contribution in [0.1, 0.15) is 41.9 Å². The van der Waals surface area contributed by atoms with Gasteiger partial charge >= 0.3 is 0 Å². The second kappa shape index (κ2) is 7.50. The highest BCUT2D eigenvalue weighted by atomic mass is 16.5. The summed E-state index contributed by atoms with van der Waals surface area (Å²) in [6.45, 7) is 4.25. The molecular weight excluding hydrogens is 350 g/mol. The molecule has 0 aliphatic heterocycles. The van der Waals surface area contributed by atoms with E-state index in [9.17, 15) is 4.79 Å². The Labute approximate surface area is 165 Å². The van der Waals surface area contributed by atoms with Gasteiger partial charge in [-0.2, -0.15) is 0 Å². The number of hydrogen-bond donors (Lipinski definition) is 1. The smallest absolute Gasteiger partial charge is 0.168 e. The van der Waals surface area contributed by atoms with Crippen LogP contribution in [0.5, 0.6) is 5.75 Å². The summed E-state index contributed by atoms with van der Waals surface area (Å²) in [5, 5.41) is 8.15. The molecule has 1 atom stereocenters. The van der Waals surface area contributed by atoms with Crippen molar-refractivity contribution in [2.75, 3.05) is 12.4 Å². The van der Waals surface area contributed by atoms with Gasteiger partial charge in [0, 0.05) is 12.1 Å². The molecule has 1 aliphatic rings. The van der Waals surface area contributed by atoms with Crippen LogP contribution in [-0.4, -0.2) is 22.7 Å². The zero-order valence-corrected chi connectivity index (χ0v) is 16.5. The molecule has 1 N–H and O–H groups in total. The van der Waals surface area contributed by atoms with Crippen LogP contribution >= 0.6 is 0 Å². The molecule has 4 rings (SSSR count). The third kappa shape index (κ3) is 3.40. The lowest BCUT2D eigenvalue weighted by Crippen LogP contribution is -2.19. The van der Waals surface area contributed by atoms with Gasteiger partial charge in [-0.25, -0.2) is 4.68 Å². The Bertz CT molecular complexity index is 988. The SMILES string of the molecule is CCc1ccc(Nc2nn(-c3ccc(OC)cc3)c3c2C(=O)C[C@H](C)C3)cc1. The lowest BCUT2D eigenvalue weighted by atomic mass is 9.87. The maximum absolute atomic E-state index is 12.8. The number of ketones is 1. The van der Waals surface area contributed by atoms with Gasteiger partial charge < -0.3 is 10.1 Å². The first kappa shape index (κ1) is 18.3. The highest BCUT2D eigenvalue weighted by Crippen LogP contribution is 2.34. The number of carbonyl (C=O) groups excluding carboxylic acids is 1. The second-order valence-corrected chi connectivity index (χ2v) is 7.39. The Hall–Kier alpha value is -3.08. The first-order valence-corrected chi connectivity index (χ1v) is 9.74. The van der Waals surface area contributed by atoms with Crippen LogP contribution < -0.4 is 10.1 Å². The standard InChI is InChI=1S/C23H25N3O2/c1-4-16-5-7-17(8-6-16)24-23-22-20(13-15(2)14-21(22)27)26(25-23)18-9-11-19(28-3)12-10-18/h5-12,15H,4,13-14H2,1-3H3,(H,24,25)/t15-/m1/s1. The number of methoxy groups -OCH3 is 1. The van der Waals surface area contributed by atoms with Gasteiger partial charge in [0.15, 0.2) is 11.6 Å². The van der Waals surface area contributed by atoms with Gasteiger partial charge in [-0.1, -0.05) is 26.0 Å². The van der Waals surface area contributed by atoms with Gasteiger partial charge in [0.25, 0.3) is 0 Å². The van der Waals surface area contributed by atoms with E-state index >= 15 is 0 Å². The van der Waals surface area contributed by atoms with Gasteiger partial charge in [0.2, 0.25) is 0 Å². The van der Waals surface area contributed by atoms with Crippen molar-refractivity contribution in [3.05, 3.63) is 65.4 Å². The minimum absolute atomic E-state index is 0.154. The van der Waals surface area contributed by atoms with E-state index in [0.717, 1.165) is 35.7 Å². The molecule has 5 nitrogen and oxygen atoms in total. The normalized spacial score (nSPS) is 16.0. The zero-order valence-electron chi connectivity index (χ0n) is 16.5. The van der Waals surface area contributed by atoms with E-state index < -0.39 is 0 Å². The molecule has 0 fully saturated rings. The van der Waals surface area contributed by atoms with E-state index in [1.54, 1.807) is 7.11 Å². The van der Waals surface area contributed by atoms with Crippen LogP contribution in [0.15, 0.2) is 48.5 Å². The minimum Gasteiger partial charge on any atom is -0.497 e. The first-order chi connectivity index (χ1) is 13.6. The van der Waals surface area contributed by atoms with Gasteiger partial charge in [-0.3, -0.25) is 4.79 Å². The molecule has 1 aliphatic carbocycles. The van der Waals surface area contributed by atoms with Crippen molar-refractivity contribution in [3.8, 4) is 11.4 Å². The number of nitrogens with zero attached hydrogens (tertiary/aromatic N) is 2. The van der Waals surface area contributed by atoms with Crippen LogP contribution in [0.4, 0.5) is 11.5 Å². The highest BCUT2D eigenvalue weighted by Gasteiger charge is 2.31. The number of Topliss-reactive ketones (excluding diaryl/α,β-unsaturated/α-hetero) is 1. The summed E-state index contributed by atoms with van der Waals surface area (Å²) >= 11 is 0. The number of fused-ring (bicyclic) bond motifs is 1. The predicted octanol–water partition coefficient (Wildman–Crippen LogP) is 4.95. The van der Waals surface area contributed by atoms with Crippen molar-refractivity contribution in [2.45, 2.75) is 33.1 Å². The van der Waals surface area contributed by atoms with Crippen molar-refractivity contribution >= 4 is 17.3 Å². The van der Waals surface area contributed by atoms with Crippen LogP contribution in [0.2, 0.25) is 0 Å². The molecule has 144 valence electrons. The van der Waals surface area contributed by atoms with Crippen LogP contribution in [0.25, 0.3) is 5.69 Å².